The Balaban J connectivity index is 2.64. The fourth-order valence-electron chi connectivity index (χ4n) is 1.36. The number of hydrogen-bond donors (Lipinski definition) is 0. The van der Waals surface area contributed by atoms with Crippen LogP contribution in [-0.4, -0.2) is 0 Å². The smallest absolute Gasteiger partial charge is 0.192 e. The zero-order valence-corrected chi connectivity index (χ0v) is 9.64. The van der Waals surface area contributed by atoms with Crippen LogP contribution in [0.15, 0.2) is 43.1 Å². The molecule has 2 rings (SSSR count). The van der Waals surface area contributed by atoms with Gasteiger partial charge in [-0.05, 0) is 23.7 Å². The van der Waals surface area contributed by atoms with E-state index in [9.17, 15) is 4.79 Å². The summed E-state index contributed by atoms with van der Waals surface area (Å²) >= 11 is 3.29. The summed E-state index contributed by atoms with van der Waals surface area (Å²) in [6, 6.07) is 6.50. The second-order valence-electron chi connectivity index (χ2n) is 3.11. The Hall–Kier alpha value is -1.78. The first kappa shape index (κ1) is 10.7. The molecule has 0 saturated heterocycles. The lowest BCUT2D eigenvalue weighted by Crippen LogP contribution is -2.01. The highest BCUT2D eigenvalue weighted by molar-refractivity contribution is 9.10. The molecule has 0 bridgehead atoms. The maximum atomic E-state index is 11.7. The van der Waals surface area contributed by atoms with Crippen LogP contribution in [-0.2, 0) is 6.54 Å². The van der Waals surface area contributed by atoms with E-state index in [1.807, 2.05) is 0 Å². The molecule has 0 amide bonds. The van der Waals surface area contributed by atoms with E-state index in [-0.39, 0.29) is 12.0 Å². The second-order valence-corrected chi connectivity index (χ2v) is 4.02. The van der Waals surface area contributed by atoms with E-state index in [1.165, 1.54) is 6.07 Å². The first-order valence-corrected chi connectivity index (χ1v) is 5.23. The standard InChI is InChI=1S/C10H6BrN3O2/c11-6-1-2-8-9(15)4-7(5-13-14-12)16-10(8)3-6/h1-4H,5H2. The van der Waals surface area contributed by atoms with Crippen molar-refractivity contribution in [2.45, 2.75) is 6.54 Å². The van der Waals surface area contributed by atoms with Crippen molar-refractivity contribution in [2.24, 2.45) is 5.11 Å². The number of benzene rings is 1. The van der Waals surface area contributed by atoms with Gasteiger partial charge in [-0.1, -0.05) is 21.0 Å². The Kier molecular flexibility index (Phi) is 2.94. The predicted octanol–water partition coefficient (Wildman–Crippen LogP) is 3.37. The van der Waals surface area contributed by atoms with Gasteiger partial charge in [0.1, 0.15) is 11.3 Å². The minimum atomic E-state index is -0.142. The molecule has 1 aromatic heterocycles. The molecular formula is C10H6BrN3O2. The van der Waals surface area contributed by atoms with Gasteiger partial charge in [0.25, 0.3) is 0 Å². The number of rotatable bonds is 2. The Bertz CT molecular complexity index is 644. The molecule has 0 unspecified atom stereocenters. The summed E-state index contributed by atoms with van der Waals surface area (Å²) in [7, 11) is 0. The van der Waals surface area contributed by atoms with Crippen LogP contribution in [0.3, 0.4) is 0 Å². The molecule has 6 heteroatoms. The topological polar surface area (TPSA) is 79.0 Å². The first-order chi connectivity index (χ1) is 7.70. The van der Waals surface area contributed by atoms with Crippen LogP contribution in [0.4, 0.5) is 0 Å². The van der Waals surface area contributed by atoms with Crippen molar-refractivity contribution in [1.29, 1.82) is 0 Å². The number of hydrogen-bond acceptors (Lipinski definition) is 3. The number of azide groups is 1. The average Bonchev–Trinajstić information content (AvgIpc) is 2.25. The molecule has 0 radical (unpaired) electrons. The van der Waals surface area contributed by atoms with E-state index >= 15 is 0 Å². The number of nitrogens with zero attached hydrogens (tertiary/aromatic N) is 3. The molecule has 0 fully saturated rings. The normalized spacial score (nSPS) is 10.1. The van der Waals surface area contributed by atoms with Crippen molar-refractivity contribution in [3.05, 3.63) is 55.2 Å². The van der Waals surface area contributed by atoms with Crippen molar-refractivity contribution in [2.75, 3.05) is 0 Å². The Morgan fingerprint density at radius 2 is 2.25 bits per heavy atom. The van der Waals surface area contributed by atoms with Gasteiger partial charge in [-0.2, -0.15) is 0 Å². The molecule has 0 atom stereocenters. The van der Waals surface area contributed by atoms with Crippen molar-refractivity contribution in [3.8, 4) is 0 Å². The summed E-state index contributed by atoms with van der Waals surface area (Å²) in [5.74, 6) is 0.355. The van der Waals surface area contributed by atoms with Gasteiger partial charge in [0.05, 0.1) is 11.9 Å². The van der Waals surface area contributed by atoms with Crippen LogP contribution in [0.1, 0.15) is 5.76 Å². The third-order valence-electron chi connectivity index (χ3n) is 2.03. The van der Waals surface area contributed by atoms with Crippen molar-refractivity contribution in [3.63, 3.8) is 0 Å². The van der Waals surface area contributed by atoms with Gasteiger partial charge < -0.3 is 4.42 Å². The van der Waals surface area contributed by atoms with Crippen molar-refractivity contribution in [1.82, 2.24) is 0 Å². The highest BCUT2D eigenvalue weighted by Gasteiger charge is 2.04. The highest BCUT2D eigenvalue weighted by Crippen LogP contribution is 2.18. The van der Waals surface area contributed by atoms with Crippen LogP contribution in [0, 0.1) is 0 Å². The average molecular weight is 280 g/mol. The molecule has 1 aromatic carbocycles. The van der Waals surface area contributed by atoms with Crippen LogP contribution in [0.2, 0.25) is 0 Å². The quantitative estimate of drug-likeness (QED) is 0.480. The molecule has 0 spiro atoms. The molecule has 0 N–H and O–H groups in total. The molecule has 16 heavy (non-hydrogen) atoms. The second kappa shape index (κ2) is 4.38. The fourth-order valence-corrected chi connectivity index (χ4v) is 1.70. The number of halogens is 1. The third kappa shape index (κ3) is 2.08. The summed E-state index contributed by atoms with van der Waals surface area (Å²) < 4.78 is 6.25. The SMILES string of the molecule is [N-]=[N+]=NCc1cc(=O)c2ccc(Br)cc2o1. The summed E-state index contributed by atoms with van der Waals surface area (Å²) in [5, 5.41) is 3.86. The molecule has 5 nitrogen and oxygen atoms in total. The Morgan fingerprint density at radius 3 is 3.00 bits per heavy atom. The predicted molar refractivity (Wildman–Crippen MR) is 63.0 cm³/mol. The molecule has 0 aliphatic heterocycles. The lowest BCUT2D eigenvalue weighted by atomic mass is 10.2. The van der Waals surface area contributed by atoms with E-state index in [2.05, 4.69) is 26.0 Å². The lowest BCUT2D eigenvalue weighted by molar-refractivity contribution is 0.538. The van der Waals surface area contributed by atoms with Crippen LogP contribution in [0.5, 0.6) is 0 Å². The molecule has 0 saturated carbocycles. The van der Waals surface area contributed by atoms with Gasteiger partial charge in [-0.15, -0.1) is 0 Å². The van der Waals surface area contributed by atoms with E-state index < -0.39 is 0 Å². The van der Waals surface area contributed by atoms with Crippen LogP contribution < -0.4 is 5.43 Å². The zero-order valence-electron chi connectivity index (χ0n) is 8.05. The van der Waals surface area contributed by atoms with E-state index in [4.69, 9.17) is 9.95 Å². The maximum absolute atomic E-state index is 11.7. The largest absolute Gasteiger partial charge is 0.461 e. The highest BCUT2D eigenvalue weighted by atomic mass is 79.9. The lowest BCUT2D eigenvalue weighted by Gasteiger charge is -2.00. The van der Waals surface area contributed by atoms with Gasteiger partial charge >= 0.3 is 0 Å². The van der Waals surface area contributed by atoms with Gasteiger partial charge in [-0.25, -0.2) is 0 Å². The first-order valence-electron chi connectivity index (χ1n) is 4.44. The third-order valence-corrected chi connectivity index (χ3v) is 2.53. The Morgan fingerprint density at radius 1 is 1.44 bits per heavy atom. The fraction of sp³-hybridized carbons (Fsp3) is 0.100. The van der Waals surface area contributed by atoms with Gasteiger partial charge in [0, 0.05) is 15.5 Å². The van der Waals surface area contributed by atoms with E-state index in [0.717, 1.165) is 4.47 Å². The van der Waals surface area contributed by atoms with E-state index in [1.54, 1.807) is 18.2 Å². The summed E-state index contributed by atoms with van der Waals surface area (Å²) in [5.41, 5.74) is 8.52. The minimum absolute atomic E-state index is 0.0359. The van der Waals surface area contributed by atoms with Crippen LogP contribution in [0.25, 0.3) is 21.4 Å². The summed E-state index contributed by atoms with van der Waals surface area (Å²) in [4.78, 5) is 14.3. The number of fused-ring (bicyclic) bond motifs is 1. The van der Waals surface area contributed by atoms with Gasteiger partial charge in [0.2, 0.25) is 0 Å². The van der Waals surface area contributed by atoms with Crippen LogP contribution >= 0.6 is 15.9 Å². The molecule has 0 aliphatic carbocycles. The summed E-state index contributed by atoms with van der Waals surface area (Å²) in [6.45, 7) is 0.0359. The van der Waals surface area contributed by atoms with Gasteiger partial charge in [-0.3, -0.25) is 4.79 Å². The molecule has 2 aromatic rings. The molecular weight excluding hydrogens is 274 g/mol. The van der Waals surface area contributed by atoms with E-state index in [0.29, 0.717) is 16.7 Å². The zero-order chi connectivity index (χ0) is 11.5. The van der Waals surface area contributed by atoms with Gasteiger partial charge in [0.15, 0.2) is 5.43 Å². The van der Waals surface area contributed by atoms with Crippen molar-refractivity contribution >= 4 is 26.9 Å². The molecule has 80 valence electrons. The minimum Gasteiger partial charge on any atom is -0.461 e. The molecule has 0 aliphatic rings. The maximum Gasteiger partial charge on any atom is 0.192 e. The monoisotopic (exact) mass is 279 g/mol. The molecule has 1 heterocycles. The summed E-state index contributed by atoms with van der Waals surface area (Å²) in [6.07, 6.45) is 0. The Labute approximate surface area is 98.4 Å². The van der Waals surface area contributed by atoms with Crippen molar-refractivity contribution < 1.29 is 4.42 Å².